The fraction of sp³-hybridized carbons (Fsp3) is 0.235. The molecule has 0 aliphatic heterocycles. The van der Waals surface area contributed by atoms with Gasteiger partial charge in [0.1, 0.15) is 5.75 Å². The van der Waals surface area contributed by atoms with E-state index >= 15 is 0 Å². The molecule has 0 radical (unpaired) electrons. The van der Waals surface area contributed by atoms with Crippen LogP contribution in [0.15, 0.2) is 48.5 Å². The van der Waals surface area contributed by atoms with Crippen molar-refractivity contribution in [3.8, 4) is 5.75 Å². The lowest BCUT2D eigenvalue weighted by Crippen LogP contribution is -2.10. The lowest BCUT2D eigenvalue weighted by molar-refractivity contribution is 0.0698. The van der Waals surface area contributed by atoms with Gasteiger partial charge in [-0.1, -0.05) is 24.3 Å². The van der Waals surface area contributed by atoms with Gasteiger partial charge in [0.25, 0.3) is 0 Å². The molecule has 4 heteroatoms. The Balaban J connectivity index is 2.14. The van der Waals surface area contributed by atoms with Crippen LogP contribution in [0.3, 0.4) is 0 Å². The van der Waals surface area contributed by atoms with Crippen LogP contribution in [0.5, 0.6) is 5.75 Å². The summed E-state index contributed by atoms with van der Waals surface area (Å²) in [5, 5.41) is 12.4. The molecule has 2 aromatic rings. The van der Waals surface area contributed by atoms with Gasteiger partial charge in [-0.2, -0.15) is 0 Å². The van der Waals surface area contributed by atoms with Gasteiger partial charge in [-0.15, -0.1) is 0 Å². The van der Waals surface area contributed by atoms with Gasteiger partial charge in [0.2, 0.25) is 0 Å². The van der Waals surface area contributed by atoms with Crippen LogP contribution < -0.4 is 10.1 Å². The highest BCUT2D eigenvalue weighted by Crippen LogP contribution is 2.24. The third-order valence-corrected chi connectivity index (χ3v) is 3.22. The molecule has 110 valence electrons. The van der Waals surface area contributed by atoms with Gasteiger partial charge in [-0.25, -0.2) is 4.79 Å². The summed E-state index contributed by atoms with van der Waals surface area (Å²) in [5.41, 5.74) is 1.96. The van der Waals surface area contributed by atoms with Gasteiger partial charge in [-0.3, -0.25) is 0 Å². The first kappa shape index (κ1) is 14.9. The van der Waals surface area contributed by atoms with Gasteiger partial charge in [0.05, 0.1) is 12.2 Å². The minimum absolute atomic E-state index is 0.00109. The van der Waals surface area contributed by atoms with Crippen molar-refractivity contribution < 1.29 is 14.6 Å². The number of carboxylic acids is 1. The molecule has 21 heavy (non-hydrogen) atoms. The molecular weight excluding hydrogens is 266 g/mol. The van der Waals surface area contributed by atoms with E-state index in [0.717, 1.165) is 11.3 Å². The van der Waals surface area contributed by atoms with Crippen LogP contribution in [0.2, 0.25) is 0 Å². The monoisotopic (exact) mass is 285 g/mol. The number of carbonyl (C=O) groups is 1. The summed E-state index contributed by atoms with van der Waals surface area (Å²) in [6.45, 7) is 4.58. The Morgan fingerprint density at radius 1 is 1.19 bits per heavy atom. The minimum Gasteiger partial charge on any atom is -0.494 e. The summed E-state index contributed by atoms with van der Waals surface area (Å²) >= 11 is 0. The van der Waals surface area contributed by atoms with Gasteiger partial charge in [0, 0.05) is 11.7 Å². The molecule has 0 saturated carbocycles. The Labute approximate surface area is 124 Å². The van der Waals surface area contributed by atoms with Crippen molar-refractivity contribution in [1.82, 2.24) is 0 Å². The lowest BCUT2D eigenvalue weighted by Gasteiger charge is -2.17. The van der Waals surface area contributed by atoms with Crippen molar-refractivity contribution in [3.05, 3.63) is 59.7 Å². The molecule has 0 saturated heterocycles. The maximum Gasteiger partial charge on any atom is 0.337 e. The van der Waals surface area contributed by atoms with E-state index in [-0.39, 0.29) is 11.6 Å². The van der Waals surface area contributed by atoms with E-state index in [2.05, 4.69) is 5.32 Å². The zero-order chi connectivity index (χ0) is 15.2. The number of nitrogens with one attached hydrogen (secondary N) is 1. The highest BCUT2D eigenvalue weighted by Gasteiger charge is 2.12. The maximum absolute atomic E-state index is 11.2. The average Bonchev–Trinajstić information content (AvgIpc) is 2.48. The number of anilines is 1. The van der Waals surface area contributed by atoms with Crippen molar-refractivity contribution in [1.29, 1.82) is 0 Å². The van der Waals surface area contributed by atoms with Crippen molar-refractivity contribution in [2.75, 3.05) is 11.9 Å². The summed E-state index contributed by atoms with van der Waals surface area (Å²) in [7, 11) is 0. The third-order valence-electron chi connectivity index (χ3n) is 3.22. The van der Waals surface area contributed by atoms with Gasteiger partial charge < -0.3 is 15.2 Å². The van der Waals surface area contributed by atoms with Crippen molar-refractivity contribution in [2.45, 2.75) is 19.9 Å². The number of benzene rings is 2. The van der Waals surface area contributed by atoms with Gasteiger partial charge in [0.15, 0.2) is 0 Å². The van der Waals surface area contributed by atoms with Crippen molar-refractivity contribution >= 4 is 11.7 Å². The molecule has 0 fully saturated rings. The standard InChI is InChI=1S/C17H19NO3/c1-3-21-14-10-8-13(9-11-14)12(2)18-16-7-5-4-6-15(16)17(19)20/h4-12,18H,3H2,1-2H3,(H,19,20). The molecule has 0 aliphatic carbocycles. The number of hydrogen-bond acceptors (Lipinski definition) is 3. The third kappa shape index (κ3) is 3.75. The van der Waals surface area contributed by atoms with Crippen LogP contribution in [-0.4, -0.2) is 17.7 Å². The minimum atomic E-state index is -0.933. The quantitative estimate of drug-likeness (QED) is 0.843. The molecular formula is C17H19NO3. The predicted molar refractivity (Wildman–Crippen MR) is 83.1 cm³/mol. The molecule has 0 amide bonds. The Hall–Kier alpha value is -2.49. The lowest BCUT2D eigenvalue weighted by atomic mass is 10.1. The molecule has 1 unspecified atom stereocenters. The van der Waals surface area contributed by atoms with Crippen LogP contribution >= 0.6 is 0 Å². The topological polar surface area (TPSA) is 58.6 Å². The molecule has 0 spiro atoms. The van der Waals surface area contributed by atoms with Crippen molar-refractivity contribution in [2.24, 2.45) is 0 Å². The van der Waals surface area contributed by atoms with Gasteiger partial charge >= 0.3 is 5.97 Å². The highest BCUT2D eigenvalue weighted by molar-refractivity contribution is 5.94. The zero-order valence-electron chi connectivity index (χ0n) is 12.2. The van der Waals surface area contributed by atoms with E-state index in [4.69, 9.17) is 4.74 Å². The first-order chi connectivity index (χ1) is 10.1. The Morgan fingerprint density at radius 2 is 1.86 bits per heavy atom. The second-order valence-corrected chi connectivity index (χ2v) is 4.72. The highest BCUT2D eigenvalue weighted by atomic mass is 16.5. The fourth-order valence-electron chi connectivity index (χ4n) is 2.13. The molecule has 2 rings (SSSR count). The van der Waals surface area contributed by atoms with Gasteiger partial charge in [-0.05, 0) is 43.7 Å². The summed E-state index contributed by atoms with van der Waals surface area (Å²) < 4.78 is 5.41. The van der Waals surface area contributed by atoms with E-state index in [1.165, 1.54) is 0 Å². The molecule has 0 bridgehead atoms. The maximum atomic E-state index is 11.2. The van der Waals surface area contributed by atoms with Crippen molar-refractivity contribution in [3.63, 3.8) is 0 Å². The zero-order valence-corrected chi connectivity index (χ0v) is 12.2. The second kappa shape index (κ2) is 6.79. The predicted octanol–water partition coefficient (Wildman–Crippen LogP) is 3.96. The normalized spacial score (nSPS) is 11.7. The number of aromatic carboxylic acids is 1. The van der Waals surface area contributed by atoms with Crippen LogP contribution in [0.4, 0.5) is 5.69 Å². The number of para-hydroxylation sites is 1. The summed E-state index contributed by atoms with van der Waals surface area (Å²) in [4.78, 5) is 11.2. The molecule has 0 heterocycles. The smallest absolute Gasteiger partial charge is 0.337 e. The van der Waals surface area contributed by atoms with E-state index < -0.39 is 5.97 Å². The first-order valence-electron chi connectivity index (χ1n) is 6.93. The second-order valence-electron chi connectivity index (χ2n) is 4.72. The molecule has 2 N–H and O–H groups in total. The number of hydrogen-bond donors (Lipinski definition) is 2. The van der Waals surface area contributed by atoms with E-state index in [1.54, 1.807) is 18.2 Å². The fourth-order valence-corrected chi connectivity index (χ4v) is 2.13. The number of ether oxygens (including phenoxy) is 1. The SMILES string of the molecule is CCOc1ccc(C(C)Nc2ccccc2C(=O)O)cc1. The Bertz CT molecular complexity index is 608. The van der Waals surface area contributed by atoms with Crippen LogP contribution in [0.1, 0.15) is 35.8 Å². The molecule has 4 nitrogen and oxygen atoms in total. The Morgan fingerprint density at radius 3 is 2.48 bits per heavy atom. The average molecular weight is 285 g/mol. The first-order valence-corrected chi connectivity index (χ1v) is 6.93. The summed E-state index contributed by atoms with van der Waals surface area (Å²) in [5.74, 6) is -0.101. The number of carboxylic acid groups (broad SMARTS) is 1. The molecule has 0 aromatic heterocycles. The largest absolute Gasteiger partial charge is 0.494 e. The summed E-state index contributed by atoms with van der Waals surface area (Å²) in [6.07, 6.45) is 0. The molecule has 1 atom stereocenters. The van der Waals surface area contributed by atoms with E-state index in [1.807, 2.05) is 44.2 Å². The molecule has 0 aliphatic rings. The van der Waals surface area contributed by atoms with Crippen LogP contribution in [0, 0.1) is 0 Å². The Kier molecular flexibility index (Phi) is 4.82. The van der Waals surface area contributed by atoms with Crippen LogP contribution in [0.25, 0.3) is 0 Å². The molecule has 2 aromatic carbocycles. The number of rotatable bonds is 6. The van der Waals surface area contributed by atoms with Crippen LogP contribution in [-0.2, 0) is 0 Å². The summed E-state index contributed by atoms with van der Waals surface area (Å²) in [6, 6.07) is 14.7. The van der Waals surface area contributed by atoms with E-state index in [9.17, 15) is 9.90 Å². The van der Waals surface area contributed by atoms with E-state index in [0.29, 0.717) is 12.3 Å².